The Kier molecular flexibility index (Phi) is 5.08. The summed E-state index contributed by atoms with van der Waals surface area (Å²) in [4.78, 5) is 8.98. The number of nitrogens with zero attached hydrogens (tertiary/aromatic N) is 2. The van der Waals surface area contributed by atoms with Crippen LogP contribution in [-0.4, -0.2) is 9.97 Å². The summed E-state index contributed by atoms with van der Waals surface area (Å²) in [6.07, 6.45) is 5.95. The van der Waals surface area contributed by atoms with Crippen molar-refractivity contribution < 1.29 is 0 Å². The van der Waals surface area contributed by atoms with Crippen LogP contribution in [0.15, 0.2) is 36.7 Å². The molecule has 0 amide bonds. The Bertz CT molecular complexity index is 556. The van der Waals surface area contributed by atoms with Crippen molar-refractivity contribution in [2.24, 2.45) is 10.8 Å². The molecule has 0 radical (unpaired) electrons. The molecule has 0 spiro atoms. The van der Waals surface area contributed by atoms with Crippen LogP contribution in [0.4, 0.5) is 11.6 Å². The molecule has 0 aliphatic carbocycles. The van der Waals surface area contributed by atoms with Crippen molar-refractivity contribution in [1.29, 1.82) is 0 Å². The lowest BCUT2D eigenvalue weighted by molar-refractivity contribution is 0.410. The van der Waals surface area contributed by atoms with Crippen molar-refractivity contribution >= 4 is 11.6 Å². The highest BCUT2D eigenvalue weighted by Crippen LogP contribution is 2.22. The van der Waals surface area contributed by atoms with Crippen LogP contribution >= 0.6 is 0 Å². The van der Waals surface area contributed by atoms with Crippen LogP contribution in [0, 0.1) is 10.8 Å². The number of anilines is 2. The van der Waals surface area contributed by atoms with Crippen LogP contribution in [0.3, 0.4) is 0 Å². The fourth-order valence-corrected chi connectivity index (χ4v) is 2.56. The van der Waals surface area contributed by atoms with E-state index in [1.165, 1.54) is 11.1 Å². The Labute approximate surface area is 140 Å². The number of nitrogens with one attached hydrogen (secondary N) is 1. The minimum Gasteiger partial charge on any atom is -0.325 e. The smallest absolute Gasteiger partial charge is 0.131 e. The fraction of sp³-hybridized carbons (Fsp3) is 0.500. The van der Waals surface area contributed by atoms with E-state index in [4.69, 9.17) is 0 Å². The third-order valence-corrected chi connectivity index (χ3v) is 3.37. The van der Waals surface area contributed by atoms with Gasteiger partial charge in [-0.2, -0.15) is 0 Å². The summed E-state index contributed by atoms with van der Waals surface area (Å²) in [5.41, 5.74) is 3.08. The summed E-state index contributed by atoms with van der Waals surface area (Å²) in [5, 5.41) is 3.26. The molecule has 1 N–H and O–H groups in total. The second-order valence-corrected chi connectivity index (χ2v) is 8.70. The molecule has 2 aromatic rings. The molecule has 0 unspecified atom stereocenters. The average Bonchev–Trinajstić information content (AvgIpc) is 2.40. The fourth-order valence-electron chi connectivity index (χ4n) is 2.56. The maximum Gasteiger partial charge on any atom is 0.131 e. The summed E-state index contributed by atoms with van der Waals surface area (Å²) < 4.78 is 0. The Morgan fingerprint density at radius 1 is 0.696 bits per heavy atom. The molecular weight excluding hydrogens is 282 g/mol. The summed E-state index contributed by atoms with van der Waals surface area (Å²) in [6.45, 7) is 13.4. The molecular formula is C20H29N3. The number of hydrogen-bond acceptors (Lipinski definition) is 3. The summed E-state index contributed by atoms with van der Waals surface area (Å²) in [7, 11) is 0. The molecule has 23 heavy (non-hydrogen) atoms. The van der Waals surface area contributed by atoms with E-state index in [0.717, 1.165) is 24.5 Å². The van der Waals surface area contributed by atoms with Crippen molar-refractivity contribution in [3.8, 4) is 0 Å². The molecule has 3 nitrogen and oxygen atoms in total. The summed E-state index contributed by atoms with van der Waals surface area (Å²) >= 11 is 0. The maximum atomic E-state index is 4.49. The second-order valence-electron chi connectivity index (χ2n) is 8.70. The average molecular weight is 311 g/mol. The highest BCUT2D eigenvalue weighted by molar-refractivity contribution is 5.51. The van der Waals surface area contributed by atoms with Gasteiger partial charge in [-0.3, -0.25) is 0 Å². The molecule has 0 saturated heterocycles. The second kappa shape index (κ2) is 6.69. The molecule has 0 saturated carbocycles. The lowest BCUT2D eigenvalue weighted by Crippen LogP contribution is -2.10. The van der Waals surface area contributed by atoms with Crippen molar-refractivity contribution in [3.63, 3.8) is 0 Å². The summed E-state index contributed by atoms with van der Waals surface area (Å²) in [5.74, 6) is 1.66. The molecule has 2 rings (SSSR count). The van der Waals surface area contributed by atoms with Crippen molar-refractivity contribution in [2.45, 2.75) is 54.4 Å². The molecule has 3 heteroatoms. The Morgan fingerprint density at radius 2 is 1.09 bits per heavy atom. The number of aromatic nitrogens is 2. The van der Waals surface area contributed by atoms with E-state index in [1.807, 2.05) is 24.5 Å². The first-order chi connectivity index (χ1) is 10.6. The highest BCUT2D eigenvalue weighted by Gasteiger charge is 2.12. The first kappa shape index (κ1) is 17.5. The molecule has 0 bridgehead atoms. The van der Waals surface area contributed by atoms with E-state index in [9.17, 15) is 0 Å². The minimum absolute atomic E-state index is 0.279. The molecule has 0 fully saturated rings. The number of hydrogen-bond donors (Lipinski definition) is 1. The van der Waals surface area contributed by atoms with Gasteiger partial charge in [0.05, 0.1) is 0 Å². The van der Waals surface area contributed by atoms with E-state index in [-0.39, 0.29) is 10.8 Å². The van der Waals surface area contributed by atoms with E-state index in [2.05, 4.69) is 69.0 Å². The van der Waals surface area contributed by atoms with Crippen molar-refractivity contribution in [3.05, 3.63) is 47.8 Å². The standard InChI is InChI=1S/C20H29N3/c1-19(2,3)11-15-7-9-17(21-13-15)23-18-10-8-16(14-22-18)12-20(4,5)6/h7-10,13-14H,11-12H2,1-6H3,(H,21,22,23). The Hall–Kier alpha value is -1.90. The maximum absolute atomic E-state index is 4.49. The van der Waals surface area contributed by atoms with Crippen molar-refractivity contribution in [1.82, 2.24) is 9.97 Å². The highest BCUT2D eigenvalue weighted by atomic mass is 15.0. The predicted molar refractivity (Wildman–Crippen MR) is 98.1 cm³/mol. The topological polar surface area (TPSA) is 37.8 Å². The molecule has 0 aliphatic heterocycles. The molecule has 0 aromatic carbocycles. The molecule has 0 atom stereocenters. The van der Waals surface area contributed by atoms with Gasteiger partial charge in [0.25, 0.3) is 0 Å². The normalized spacial score (nSPS) is 12.3. The number of pyridine rings is 2. The molecule has 2 aromatic heterocycles. The molecule has 0 aliphatic rings. The third-order valence-electron chi connectivity index (χ3n) is 3.37. The predicted octanol–water partition coefficient (Wildman–Crippen LogP) is 5.40. The van der Waals surface area contributed by atoms with Gasteiger partial charge in [-0.1, -0.05) is 53.7 Å². The van der Waals surface area contributed by atoms with Gasteiger partial charge in [0.2, 0.25) is 0 Å². The van der Waals surface area contributed by atoms with Crippen LogP contribution in [0.25, 0.3) is 0 Å². The molecule has 2 heterocycles. The van der Waals surface area contributed by atoms with Gasteiger partial charge in [0, 0.05) is 12.4 Å². The van der Waals surface area contributed by atoms with Gasteiger partial charge in [-0.25, -0.2) is 9.97 Å². The monoisotopic (exact) mass is 311 g/mol. The van der Waals surface area contributed by atoms with Crippen LogP contribution in [0.2, 0.25) is 0 Å². The van der Waals surface area contributed by atoms with Crippen LogP contribution < -0.4 is 5.32 Å². The minimum atomic E-state index is 0.279. The van der Waals surface area contributed by atoms with Gasteiger partial charge in [-0.05, 0) is 46.9 Å². The third kappa shape index (κ3) is 6.39. The van der Waals surface area contributed by atoms with E-state index < -0.39 is 0 Å². The van der Waals surface area contributed by atoms with Gasteiger partial charge in [0.15, 0.2) is 0 Å². The first-order valence-electron chi connectivity index (χ1n) is 8.28. The Morgan fingerprint density at radius 3 is 1.35 bits per heavy atom. The van der Waals surface area contributed by atoms with Gasteiger partial charge in [-0.15, -0.1) is 0 Å². The zero-order chi connectivity index (χ0) is 17.1. The van der Waals surface area contributed by atoms with E-state index >= 15 is 0 Å². The van der Waals surface area contributed by atoms with Gasteiger partial charge < -0.3 is 5.32 Å². The SMILES string of the molecule is CC(C)(C)Cc1ccc(Nc2ccc(CC(C)(C)C)cn2)nc1. The Balaban J connectivity index is 1.99. The summed E-state index contributed by atoms with van der Waals surface area (Å²) in [6, 6.07) is 8.31. The number of rotatable bonds is 4. The quantitative estimate of drug-likeness (QED) is 0.821. The first-order valence-corrected chi connectivity index (χ1v) is 8.28. The zero-order valence-electron chi connectivity index (χ0n) is 15.3. The van der Waals surface area contributed by atoms with Gasteiger partial charge >= 0.3 is 0 Å². The van der Waals surface area contributed by atoms with Crippen LogP contribution in [0.5, 0.6) is 0 Å². The molecule has 124 valence electrons. The van der Waals surface area contributed by atoms with E-state index in [1.54, 1.807) is 0 Å². The van der Waals surface area contributed by atoms with Crippen molar-refractivity contribution in [2.75, 3.05) is 5.32 Å². The van der Waals surface area contributed by atoms with Crippen LogP contribution in [-0.2, 0) is 12.8 Å². The lowest BCUT2D eigenvalue weighted by atomic mass is 9.89. The lowest BCUT2D eigenvalue weighted by Gasteiger charge is -2.18. The largest absolute Gasteiger partial charge is 0.325 e. The van der Waals surface area contributed by atoms with Crippen LogP contribution in [0.1, 0.15) is 52.7 Å². The van der Waals surface area contributed by atoms with Gasteiger partial charge in [0.1, 0.15) is 11.6 Å². The zero-order valence-corrected chi connectivity index (χ0v) is 15.3. The van der Waals surface area contributed by atoms with E-state index in [0.29, 0.717) is 0 Å².